The molecular formula is C14H20N4. The summed E-state index contributed by atoms with van der Waals surface area (Å²) in [4.78, 5) is 10.8. The Kier molecular flexibility index (Phi) is 3.65. The van der Waals surface area contributed by atoms with Crippen molar-refractivity contribution in [1.82, 2.24) is 9.97 Å². The Hall–Kier alpha value is -1.84. The molecule has 0 saturated heterocycles. The van der Waals surface area contributed by atoms with Crippen molar-refractivity contribution >= 4 is 22.4 Å². The van der Waals surface area contributed by atoms with E-state index in [9.17, 15) is 0 Å². The van der Waals surface area contributed by atoms with E-state index in [1.807, 2.05) is 18.2 Å². The third-order valence-electron chi connectivity index (χ3n) is 3.04. The minimum absolute atomic E-state index is 0.691. The molecule has 0 aliphatic heterocycles. The normalized spacial score (nSPS) is 11.1. The molecule has 0 radical (unpaired) electrons. The van der Waals surface area contributed by atoms with Gasteiger partial charge in [-0.1, -0.05) is 13.8 Å². The molecule has 0 amide bonds. The van der Waals surface area contributed by atoms with Crippen molar-refractivity contribution in [2.75, 3.05) is 24.2 Å². The van der Waals surface area contributed by atoms with E-state index in [1.165, 1.54) is 0 Å². The Morgan fingerprint density at radius 1 is 1.28 bits per heavy atom. The third-order valence-corrected chi connectivity index (χ3v) is 3.04. The number of rotatable bonds is 4. The van der Waals surface area contributed by atoms with Crippen LogP contribution in [0, 0.1) is 5.92 Å². The topological polar surface area (TPSA) is 55.0 Å². The molecule has 2 rings (SSSR count). The highest BCUT2D eigenvalue weighted by Gasteiger charge is 2.09. The van der Waals surface area contributed by atoms with Gasteiger partial charge in [-0.15, -0.1) is 0 Å². The van der Waals surface area contributed by atoms with Gasteiger partial charge >= 0.3 is 0 Å². The summed E-state index contributed by atoms with van der Waals surface area (Å²) in [6.45, 7) is 5.45. The Morgan fingerprint density at radius 3 is 2.78 bits per heavy atom. The van der Waals surface area contributed by atoms with Crippen LogP contribution in [0.15, 0.2) is 24.5 Å². The standard InChI is InChI=1S/C14H20N4/c1-10(2)6-7-18(3)14-12-5-4-11(15)8-13(12)16-9-17-14/h4-5,8-10H,6-7,15H2,1-3H3. The van der Waals surface area contributed by atoms with Crippen LogP contribution in [0.25, 0.3) is 10.9 Å². The second kappa shape index (κ2) is 5.21. The van der Waals surface area contributed by atoms with Crippen LogP contribution in [0.5, 0.6) is 0 Å². The van der Waals surface area contributed by atoms with Gasteiger partial charge in [0.1, 0.15) is 12.1 Å². The summed E-state index contributed by atoms with van der Waals surface area (Å²) in [5.41, 5.74) is 7.41. The van der Waals surface area contributed by atoms with Gasteiger partial charge in [-0.05, 0) is 30.5 Å². The minimum atomic E-state index is 0.691. The van der Waals surface area contributed by atoms with Crippen LogP contribution in [0.1, 0.15) is 20.3 Å². The second-order valence-electron chi connectivity index (χ2n) is 5.08. The Balaban J connectivity index is 2.32. The van der Waals surface area contributed by atoms with Crippen molar-refractivity contribution in [3.63, 3.8) is 0 Å². The summed E-state index contributed by atoms with van der Waals surface area (Å²) in [6, 6.07) is 5.77. The monoisotopic (exact) mass is 244 g/mol. The molecule has 0 spiro atoms. The SMILES string of the molecule is CC(C)CCN(C)c1ncnc2cc(N)ccc12. The highest BCUT2D eigenvalue weighted by Crippen LogP contribution is 2.24. The van der Waals surface area contributed by atoms with E-state index in [2.05, 4.69) is 35.8 Å². The first-order valence-electron chi connectivity index (χ1n) is 6.29. The number of aromatic nitrogens is 2. The lowest BCUT2D eigenvalue weighted by atomic mass is 10.1. The number of nitrogens with zero attached hydrogens (tertiary/aromatic N) is 3. The lowest BCUT2D eigenvalue weighted by Gasteiger charge is -2.20. The summed E-state index contributed by atoms with van der Waals surface area (Å²) in [7, 11) is 2.07. The lowest BCUT2D eigenvalue weighted by molar-refractivity contribution is 0.584. The van der Waals surface area contributed by atoms with Crippen molar-refractivity contribution in [3.05, 3.63) is 24.5 Å². The Labute approximate surface area is 108 Å². The summed E-state index contributed by atoms with van der Waals surface area (Å²) < 4.78 is 0. The molecule has 0 aliphatic carbocycles. The van der Waals surface area contributed by atoms with Gasteiger partial charge in [-0.25, -0.2) is 9.97 Å². The van der Waals surface area contributed by atoms with E-state index < -0.39 is 0 Å². The first-order valence-corrected chi connectivity index (χ1v) is 6.29. The lowest BCUT2D eigenvalue weighted by Crippen LogP contribution is -2.21. The molecule has 96 valence electrons. The third kappa shape index (κ3) is 2.70. The van der Waals surface area contributed by atoms with Crippen molar-refractivity contribution in [2.24, 2.45) is 5.92 Å². The second-order valence-corrected chi connectivity index (χ2v) is 5.08. The first-order chi connectivity index (χ1) is 8.58. The zero-order valence-corrected chi connectivity index (χ0v) is 11.2. The van der Waals surface area contributed by atoms with Crippen LogP contribution in [-0.4, -0.2) is 23.6 Å². The van der Waals surface area contributed by atoms with E-state index in [1.54, 1.807) is 6.33 Å². The van der Waals surface area contributed by atoms with Gasteiger partial charge in [0, 0.05) is 24.7 Å². The average Bonchev–Trinajstić information content (AvgIpc) is 2.34. The molecule has 0 bridgehead atoms. The van der Waals surface area contributed by atoms with E-state index >= 15 is 0 Å². The summed E-state index contributed by atoms with van der Waals surface area (Å²) in [5.74, 6) is 1.66. The largest absolute Gasteiger partial charge is 0.399 e. The molecule has 0 saturated carbocycles. The van der Waals surface area contributed by atoms with Crippen molar-refractivity contribution < 1.29 is 0 Å². The van der Waals surface area contributed by atoms with E-state index in [0.717, 1.165) is 35.4 Å². The smallest absolute Gasteiger partial charge is 0.139 e. The van der Waals surface area contributed by atoms with Gasteiger partial charge < -0.3 is 10.6 Å². The maximum atomic E-state index is 5.77. The molecule has 1 aromatic heterocycles. The number of anilines is 2. The zero-order chi connectivity index (χ0) is 13.1. The van der Waals surface area contributed by atoms with E-state index in [-0.39, 0.29) is 0 Å². The number of hydrogen-bond donors (Lipinski definition) is 1. The molecule has 18 heavy (non-hydrogen) atoms. The Morgan fingerprint density at radius 2 is 2.06 bits per heavy atom. The summed E-state index contributed by atoms with van der Waals surface area (Å²) in [5, 5.41) is 1.05. The number of fused-ring (bicyclic) bond motifs is 1. The van der Waals surface area contributed by atoms with Gasteiger partial charge in [0.15, 0.2) is 0 Å². The fourth-order valence-corrected chi connectivity index (χ4v) is 1.92. The van der Waals surface area contributed by atoms with Crippen LogP contribution in [0.3, 0.4) is 0 Å². The molecule has 4 nitrogen and oxygen atoms in total. The predicted octanol–water partition coefficient (Wildman–Crippen LogP) is 2.69. The van der Waals surface area contributed by atoms with Crippen LogP contribution < -0.4 is 10.6 Å². The van der Waals surface area contributed by atoms with Crippen molar-refractivity contribution in [1.29, 1.82) is 0 Å². The number of nitrogens with two attached hydrogens (primary N) is 1. The zero-order valence-electron chi connectivity index (χ0n) is 11.2. The maximum absolute atomic E-state index is 5.77. The van der Waals surface area contributed by atoms with Gasteiger partial charge in [0.25, 0.3) is 0 Å². The van der Waals surface area contributed by atoms with Crippen LogP contribution in [-0.2, 0) is 0 Å². The first kappa shape index (κ1) is 12.6. The average molecular weight is 244 g/mol. The van der Waals surface area contributed by atoms with E-state index in [4.69, 9.17) is 5.73 Å². The molecule has 2 N–H and O–H groups in total. The van der Waals surface area contributed by atoms with E-state index in [0.29, 0.717) is 5.92 Å². The van der Waals surface area contributed by atoms with Crippen LogP contribution in [0.2, 0.25) is 0 Å². The van der Waals surface area contributed by atoms with Gasteiger partial charge in [-0.3, -0.25) is 0 Å². The van der Waals surface area contributed by atoms with Gasteiger partial charge in [0.05, 0.1) is 5.52 Å². The fourth-order valence-electron chi connectivity index (χ4n) is 1.92. The van der Waals surface area contributed by atoms with Crippen LogP contribution in [0.4, 0.5) is 11.5 Å². The van der Waals surface area contributed by atoms with Gasteiger partial charge in [0.2, 0.25) is 0 Å². The number of hydrogen-bond acceptors (Lipinski definition) is 4. The highest BCUT2D eigenvalue weighted by molar-refractivity contribution is 5.91. The molecule has 0 atom stereocenters. The minimum Gasteiger partial charge on any atom is -0.399 e. The molecule has 0 aliphatic rings. The molecule has 2 aromatic rings. The van der Waals surface area contributed by atoms with Crippen molar-refractivity contribution in [3.8, 4) is 0 Å². The molecule has 4 heteroatoms. The van der Waals surface area contributed by atoms with Crippen molar-refractivity contribution in [2.45, 2.75) is 20.3 Å². The highest BCUT2D eigenvalue weighted by atomic mass is 15.2. The van der Waals surface area contributed by atoms with Crippen LogP contribution >= 0.6 is 0 Å². The summed E-state index contributed by atoms with van der Waals surface area (Å²) in [6.07, 6.45) is 2.75. The molecule has 0 fully saturated rings. The van der Waals surface area contributed by atoms with Gasteiger partial charge in [-0.2, -0.15) is 0 Å². The molecule has 1 aromatic carbocycles. The number of nitrogen functional groups attached to an aromatic ring is 1. The Bertz CT molecular complexity index is 536. The quantitative estimate of drug-likeness (QED) is 0.840. The molecular weight excluding hydrogens is 224 g/mol. The fraction of sp³-hybridized carbons (Fsp3) is 0.429. The maximum Gasteiger partial charge on any atom is 0.139 e. The summed E-state index contributed by atoms with van der Waals surface area (Å²) >= 11 is 0. The molecule has 0 unspecified atom stereocenters. The molecule has 1 heterocycles. The number of benzene rings is 1. The predicted molar refractivity (Wildman–Crippen MR) is 76.7 cm³/mol.